The van der Waals surface area contributed by atoms with E-state index in [0.717, 1.165) is 32.0 Å². The van der Waals surface area contributed by atoms with Crippen LogP contribution in [0.15, 0.2) is 18.2 Å². The van der Waals surface area contributed by atoms with Crippen molar-refractivity contribution in [1.29, 1.82) is 0 Å². The maximum absolute atomic E-state index is 13.8. The molecule has 1 saturated heterocycles. The molecule has 0 atom stereocenters. The molecule has 0 bridgehead atoms. The highest BCUT2D eigenvalue weighted by Crippen LogP contribution is 2.33. The molecule has 18 heavy (non-hydrogen) atoms. The van der Waals surface area contributed by atoms with Gasteiger partial charge in [-0.25, -0.2) is 4.39 Å². The molecule has 1 aliphatic heterocycles. The Morgan fingerprint density at radius 2 is 1.83 bits per heavy atom. The van der Waals surface area contributed by atoms with Gasteiger partial charge in [-0.15, -0.1) is 0 Å². The molecule has 100 valence electrons. The summed E-state index contributed by atoms with van der Waals surface area (Å²) in [6.45, 7) is 1.70. The van der Waals surface area contributed by atoms with Crippen molar-refractivity contribution in [3.63, 3.8) is 0 Å². The summed E-state index contributed by atoms with van der Waals surface area (Å²) in [5.74, 6) is -0.840. The SMILES string of the molecule is Fc1c(CC2CCNCC2)cccc1C(F)(F)F. The molecule has 0 amide bonds. The largest absolute Gasteiger partial charge is 0.419 e. The van der Waals surface area contributed by atoms with Crippen molar-refractivity contribution in [2.24, 2.45) is 5.92 Å². The van der Waals surface area contributed by atoms with Crippen LogP contribution in [0, 0.1) is 11.7 Å². The molecule has 0 unspecified atom stereocenters. The molecule has 0 radical (unpaired) electrons. The highest BCUT2D eigenvalue weighted by molar-refractivity contribution is 5.28. The van der Waals surface area contributed by atoms with E-state index in [1.807, 2.05) is 0 Å². The molecule has 1 fully saturated rings. The Morgan fingerprint density at radius 3 is 2.44 bits per heavy atom. The summed E-state index contributed by atoms with van der Waals surface area (Å²) >= 11 is 0. The lowest BCUT2D eigenvalue weighted by Gasteiger charge is -2.23. The van der Waals surface area contributed by atoms with Crippen LogP contribution in [0.3, 0.4) is 0 Å². The van der Waals surface area contributed by atoms with E-state index >= 15 is 0 Å². The third-order valence-electron chi connectivity index (χ3n) is 3.35. The zero-order chi connectivity index (χ0) is 13.2. The van der Waals surface area contributed by atoms with Crippen LogP contribution < -0.4 is 5.32 Å². The Hall–Kier alpha value is -1.10. The Morgan fingerprint density at radius 1 is 1.17 bits per heavy atom. The van der Waals surface area contributed by atoms with Crippen molar-refractivity contribution >= 4 is 0 Å². The lowest BCUT2D eigenvalue weighted by molar-refractivity contribution is -0.140. The molecule has 2 rings (SSSR count). The molecule has 1 aromatic rings. The topological polar surface area (TPSA) is 12.0 Å². The summed E-state index contributed by atoms with van der Waals surface area (Å²) in [4.78, 5) is 0. The van der Waals surface area contributed by atoms with E-state index in [2.05, 4.69) is 5.32 Å². The highest BCUT2D eigenvalue weighted by Gasteiger charge is 2.34. The van der Waals surface area contributed by atoms with Crippen LogP contribution in [-0.2, 0) is 12.6 Å². The molecule has 1 aromatic carbocycles. The fraction of sp³-hybridized carbons (Fsp3) is 0.538. The quantitative estimate of drug-likeness (QED) is 0.805. The first-order valence-electron chi connectivity index (χ1n) is 6.04. The fourth-order valence-corrected chi connectivity index (χ4v) is 2.35. The first-order chi connectivity index (χ1) is 8.48. The number of rotatable bonds is 2. The zero-order valence-electron chi connectivity index (χ0n) is 9.86. The number of benzene rings is 1. The average Bonchev–Trinajstić information content (AvgIpc) is 2.32. The van der Waals surface area contributed by atoms with Crippen molar-refractivity contribution in [2.45, 2.75) is 25.4 Å². The maximum Gasteiger partial charge on any atom is 0.419 e. The van der Waals surface area contributed by atoms with E-state index in [1.54, 1.807) is 0 Å². The predicted molar refractivity (Wildman–Crippen MR) is 60.7 cm³/mol. The number of halogens is 4. The molecule has 0 spiro atoms. The van der Waals surface area contributed by atoms with Crippen molar-refractivity contribution in [1.82, 2.24) is 5.32 Å². The van der Waals surface area contributed by atoms with Crippen molar-refractivity contribution in [3.05, 3.63) is 35.1 Å². The van der Waals surface area contributed by atoms with E-state index in [-0.39, 0.29) is 11.5 Å². The van der Waals surface area contributed by atoms with Crippen LogP contribution in [0.1, 0.15) is 24.0 Å². The van der Waals surface area contributed by atoms with Gasteiger partial charge in [0, 0.05) is 0 Å². The van der Waals surface area contributed by atoms with Gasteiger partial charge in [0.05, 0.1) is 5.56 Å². The normalized spacial score (nSPS) is 18.0. The van der Waals surface area contributed by atoms with Crippen molar-refractivity contribution < 1.29 is 17.6 Å². The Bertz CT molecular complexity index is 408. The van der Waals surface area contributed by atoms with Gasteiger partial charge in [-0.1, -0.05) is 12.1 Å². The fourth-order valence-electron chi connectivity index (χ4n) is 2.35. The van der Waals surface area contributed by atoms with Gasteiger partial charge in [-0.2, -0.15) is 13.2 Å². The molecule has 5 heteroatoms. The van der Waals surface area contributed by atoms with E-state index in [0.29, 0.717) is 6.42 Å². The smallest absolute Gasteiger partial charge is 0.317 e. The Labute approximate surface area is 103 Å². The van der Waals surface area contributed by atoms with Crippen molar-refractivity contribution in [2.75, 3.05) is 13.1 Å². The number of nitrogens with one attached hydrogen (secondary N) is 1. The lowest BCUT2D eigenvalue weighted by Crippen LogP contribution is -2.29. The van der Waals surface area contributed by atoms with Gasteiger partial charge >= 0.3 is 6.18 Å². The minimum Gasteiger partial charge on any atom is -0.317 e. The van der Waals surface area contributed by atoms with Gasteiger partial charge in [-0.05, 0) is 49.9 Å². The minimum absolute atomic E-state index is 0.178. The predicted octanol–water partition coefficient (Wildman–Crippen LogP) is 3.39. The van der Waals surface area contributed by atoms with E-state index in [9.17, 15) is 17.6 Å². The highest BCUT2D eigenvalue weighted by atomic mass is 19.4. The molecular weight excluding hydrogens is 246 g/mol. The summed E-state index contributed by atoms with van der Waals surface area (Å²) in [7, 11) is 0. The summed E-state index contributed by atoms with van der Waals surface area (Å²) in [5, 5.41) is 3.18. The molecule has 1 N–H and O–H groups in total. The second-order valence-corrected chi connectivity index (χ2v) is 4.67. The third-order valence-corrected chi connectivity index (χ3v) is 3.35. The van der Waals surface area contributed by atoms with Crippen LogP contribution in [0.5, 0.6) is 0 Å². The standard InChI is InChI=1S/C13H15F4N/c14-12-10(8-9-4-6-18-7-5-9)2-1-3-11(12)13(15,16)17/h1-3,9,18H,4-8H2. The van der Waals surface area contributed by atoms with Crippen LogP contribution >= 0.6 is 0 Å². The molecule has 0 saturated carbocycles. The van der Waals surface area contributed by atoms with Gasteiger partial charge in [0.25, 0.3) is 0 Å². The maximum atomic E-state index is 13.8. The molecule has 0 aliphatic carbocycles. The summed E-state index contributed by atoms with van der Waals surface area (Å²) in [6, 6.07) is 3.52. The first kappa shape index (κ1) is 13.3. The van der Waals surface area contributed by atoms with Gasteiger partial charge in [0.15, 0.2) is 0 Å². The second kappa shape index (κ2) is 5.26. The Kier molecular flexibility index (Phi) is 3.90. The van der Waals surface area contributed by atoms with Gasteiger partial charge in [0.2, 0.25) is 0 Å². The van der Waals surface area contributed by atoms with E-state index in [4.69, 9.17) is 0 Å². The molecule has 1 heterocycles. The molecular formula is C13H15F4N. The van der Waals surface area contributed by atoms with Crippen LogP contribution in [-0.4, -0.2) is 13.1 Å². The second-order valence-electron chi connectivity index (χ2n) is 4.67. The van der Waals surface area contributed by atoms with Crippen molar-refractivity contribution in [3.8, 4) is 0 Å². The van der Waals surface area contributed by atoms with Crippen LogP contribution in [0.2, 0.25) is 0 Å². The van der Waals surface area contributed by atoms with Gasteiger partial charge < -0.3 is 5.32 Å². The van der Waals surface area contributed by atoms with Crippen LogP contribution in [0.25, 0.3) is 0 Å². The average molecular weight is 261 g/mol. The van der Waals surface area contributed by atoms with Gasteiger partial charge in [0.1, 0.15) is 5.82 Å². The first-order valence-corrected chi connectivity index (χ1v) is 6.04. The number of hydrogen-bond donors (Lipinski definition) is 1. The monoisotopic (exact) mass is 261 g/mol. The molecule has 0 aromatic heterocycles. The number of hydrogen-bond acceptors (Lipinski definition) is 1. The number of piperidine rings is 1. The minimum atomic E-state index is -4.62. The lowest BCUT2D eigenvalue weighted by atomic mass is 9.90. The Balaban J connectivity index is 2.18. The third kappa shape index (κ3) is 3.02. The number of alkyl halides is 3. The summed E-state index contributed by atoms with van der Waals surface area (Å²) in [5.41, 5.74) is -0.981. The molecule has 1 aliphatic rings. The summed E-state index contributed by atoms with van der Waals surface area (Å²) < 4.78 is 51.5. The van der Waals surface area contributed by atoms with E-state index < -0.39 is 17.6 Å². The van der Waals surface area contributed by atoms with Crippen LogP contribution in [0.4, 0.5) is 17.6 Å². The molecule has 1 nitrogen and oxygen atoms in total. The summed E-state index contributed by atoms with van der Waals surface area (Å²) in [6.07, 6.45) is -2.46. The van der Waals surface area contributed by atoms with E-state index in [1.165, 1.54) is 12.1 Å². The van der Waals surface area contributed by atoms with Gasteiger partial charge in [-0.3, -0.25) is 0 Å². The zero-order valence-corrected chi connectivity index (χ0v) is 9.86.